The highest BCUT2D eigenvalue weighted by molar-refractivity contribution is 5.89. The molecule has 0 radical (unpaired) electrons. The lowest BCUT2D eigenvalue weighted by Gasteiger charge is -2.21. The molecule has 1 aromatic rings. The zero-order valence-electron chi connectivity index (χ0n) is 9.29. The highest BCUT2D eigenvalue weighted by Gasteiger charge is 2.22. The van der Waals surface area contributed by atoms with Gasteiger partial charge in [-0.2, -0.15) is 4.39 Å². The molecule has 1 aliphatic carbocycles. The Morgan fingerprint density at radius 1 is 1.29 bits per heavy atom. The SMILES string of the molecule is O=C(OC1CCCCC1)c1ccnc(F)c1F. The van der Waals surface area contributed by atoms with Crippen LogP contribution in [0.25, 0.3) is 0 Å². The fraction of sp³-hybridized carbons (Fsp3) is 0.500. The fourth-order valence-electron chi connectivity index (χ4n) is 1.97. The molecule has 1 fully saturated rings. The molecule has 17 heavy (non-hydrogen) atoms. The van der Waals surface area contributed by atoms with E-state index in [1.165, 1.54) is 0 Å². The van der Waals surface area contributed by atoms with Crippen molar-refractivity contribution in [1.29, 1.82) is 0 Å². The smallest absolute Gasteiger partial charge is 0.341 e. The summed E-state index contributed by atoms with van der Waals surface area (Å²) in [5.41, 5.74) is -0.386. The van der Waals surface area contributed by atoms with Gasteiger partial charge in [0.05, 0.1) is 0 Å². The standard InChI is InChI=1S/C12H13F2NO2/c13-10-9(6-7-15-11(10)14)12(16)17-8-4-2-1-3-5-8/h6-8H,1-5H2. The summed E-state index contributed by atoms with van der Waals surface area (Å²) in [6, 6.07) is 1.13. The first-order valence-corrected chi connectivity index (χ1v) is 5.69. The minimum atomic E-state index is -1.27. The molecule has 0 saturated heterocycles. The van der Waals surface area contributed by atoms with E-state index in [9.17, 15) is 13.6 Å². The first-order chi connectivity index (χ1) is 8.18. The molecule has 0 atom stereocenters. The van der Waals surface area contributed by atoms with E-state index < -0.39 is 17.7 Å². The van der Waals surface area contributed by atoms with E-state index in [-0.39, 0.29) is 11.7 Å². The van der Waals surface area contributed by atoms with Crippen molar-refractivity contribution in [3.05, 3.63) is 29.6 Å². The monoisotopic (exact) mass is 241 g/mol. The molecule has 0 bridgehead atoms. The first kappa shape index (κ1) is 12.0. The van der Waals surface area contributed by atoms with Crippen LogP contribution in [0.4, 0.5) is 8.78 Å². The van der Waals surface area contributed by atoms with Gasteiger partial charge in [0.15, 0.2) is 5.82 Å². The number of halogens is 2. The quantitative estimate of drug-likeness (QED) is 0.590. The van der Waals surface area contributed by atoms with Crippen LogP contribution in [-0.2, 0) is 4.74 Å². The van der Waals surface area contributed by atoms with Crippen molar-refractivity contribution in [1.82, 2.24) is 4.98 Å². The van der Waals surface area contributed by atoms with Crippen LogP contribution in [0.2, 0.25) is 0 Å². The third-order valence-corrected chi connectivity index (χ3v) is 2.89. The summed E-state index contributed by atoms with van der Waals surface area (Å²) in [5.74, 6) is -3.33. The maximum Gasteiger partial charge on any atom is 0.341 e. The topological polar surface area (TPSA) is 39.2 Å². The number of hydrogen-bond acceptors (Lipinski definition) is 3. The molecule has 1 aliphatic rings. The largest absolute Gasteiger partial charge is 0.459 e. The zero-order valence-corrected chi connectivity index (χ0v) is 9.29. The van der Waals surface area contributed by atoms with Crippen LogP contribution in [0, 0.1) is 11.8 Å². The number of pyridine rings is 1. The molecule has 1 heterocycles. The molecular weight excluding hydrogens is 228 g/mol. The van der Waals surface area contributed by atoms with Crippen LogP contribution >= 0.6 is 0 Å². The number of aromatic nitrogens is 1. The van der Waals surface area contributed by atoms with Crippen LogP contribution < -0.4 is 0 Å². The summed E-state index contributed by atoms with van der Waals surface area (Å²) in [5, 5.41) is 0. The number of nitrogens with zero attached hydrogens (tertiary/aromatic N) is 1. The van der Waals surface area contributed by atoms with Gasteiger partial charge in [-0.1, -0.05) is 6.42 Å². The lowest BCUT2D eigenvalue weighted by molar-refractivity contribution is 0.0204. The number of esters is 1. The van der Waals surface area contributed by atoms with Crippen molar-refractivity contribution in [2.45, 2.75) is 38.2 Å². The molecule has 3 nitrogen and oxygen atoms in total. The average Bonchev–Trinajstić information content (AvgIpc) is 2.34. The molecular formula is C12H13F2NO2. The van der Waals surface area contributed by atoms with Crippen molar-refractivity contribution in [2.24, 2.45) is 0 Å². The molecule has 92 valence electrons. The lowest BCUT2D eigenvalue weighted by atomic mass is 9.98. The predicted molar refractivity (Wildman–Crippen MR) is 56.4 cm³/mol. The fourth-order valence-corrected chi connectivity index (χ4v) is 1.97. The second-order valence-electron chi connectivity index (χ2n) is 4.13. The second-order valence-corrected chi connectivity index (χ2v) is 4.13. The normalized spacial score (nSPS) is 16.8. The molecule has 0 aromatic carbocycles. The Labute approximate surface area is 97.8 Å². The number of ether oxygens (including phenoxy) is 1. The molecule has 1 aromatic heterocycles. The highest BCUT2D eigenvalue weighted by atomic mass is 19.2. The highest BCUT2D eigenvalue weighted by Crippen LogP contribution is 2.22. The van der Waals surface area contributed by atoms with E-state index in [4.69, 9.17) is 4.74 Å². The van der Waals surface area contributed by atoms with Gasteiger partial charge < -0.3 is 4.74 Å². The summed E-state index contributed by atoms with van der Waals surface area (Å²) < 4.78 is 31.2. The van der Waals surface area contributed by atoms with E-state index in [2.05, 4.69) is 4.98 Å². The predicted octanol–water partition coefficient (Wildman–Crippen LogP) is 2.85. The lowest BCUT2D eigenvalue weighted by Crippen LogP contribution is -2.21. The Bertz CT molecular complexity index is 417. The molecule has 0 N–H and O–H groups in total. The van der Waals surface area contributed by atoms with Crippen molar-refractivity contribution < 1.29 is 18.3 Å². The average molecular weight is 241 g/mol. The molecule has 0 amide bonds. The van der Waals surface area contributed by atoms with E-state index in [1.807, 2.05) is 0 Å². The molecule has 0 aliphatic heterocycles. The molecule has 0 unspecified atom stereocenters. The number of carbonyl (C=O) groups is 1. The third-order valence-electron chi connectivity index (χ3n) is 2.89. The van der Waals surface area contributed by atoms with Gasteiger partial charge in [0, 0.05) is 6.20 Å². The molecule has 2 rings (SSSR count). The van der Waals surface area contributed by atoms with Crippen LogP contribution in [0.5, 0.6) is 0 Å². The third kappa shape index (κ3) is 2.78. The maximum atomic E-state index is 13.3. The van der Waals surface area contributed by atoms with E-state index in [0.717, 1.165) is 44.4 Å². The summed E-state index contributed by atoms with van der Waals surface area (Å²) in [6.07, 6.45) is 5.60. The minimum absolute atomic E-state index is 0.174. The van der Waals surface area contributed by atoms with Gasteiger partial charge in [0.2, 0.25) is 5.95 Å². The van der Waals surface area contributed by atoms with Gasteiger partial charge in [-0.3, -0.25) is 0 Å². The van der Waals surface area contributed by atoms with Crippen molar-refractivity contribution in [3.63, 3.8) is 0 Å². The number of carbonyl (C=O) groups excluding carboxylic acids is 1. The van der Waals surface area contributed by atoms with E-state index in [0.29, 0.717) is 0 Å². The minimum Gasteiger partial charge on any atom is -0.459 e. The summed E-state index contributed by atoms with van der Waals surface area (Å²) in [6.45, 7) is 0. The van der Waals surface area contributed by atoms with Crippen molar-refractivity contribution in [2.75, 3.05) is 0 Å². The van der Waals surface area contributed by atoms with Crippen LogP contribution in [0.3, 0.4) is 0 Å². The Kier molecular flexibility index (Phi) is 3.66. The Balaban J connectivity index is 2.06. The molecule has 1 saturated carbocycles. The summed E-state index contributed by atoms with van der Waals surface area (Å²) in [4.78, 5) is 14.7. The van der Waals surface area contributed by atoms with E-state index in [1.54, 1.807) is 0 Å². The summed E-state index contributed by atoms with van der Waals surface area (Å²) >= 11 is 0. The van der Waals surface area contributed by atoms with Crippen LogP contribution in [-0.4, -0.2) is 17.1 Å². The van der Waals surface area contributed by atoms with Crippen molar-refractivity contribution in [3.8, 4) is 0 Å². The first-order valence-electron chi connectivity index (χ1n) is 5.69. The molecule has 5 heteroatoms. The van der Waals surface area contributed by atoms with Crippen LogP contribution in [0.1, 0.15) is 42.5 Å². The number of rotatable bonds is 2. The Morgan fingerprint density at radius 3 is 2.71 bits per heavy atom. The van der Waals surface area contributed by atoms with E-state index >= 15 is 0 Å². The van der Waals surface area contributed by atoms with Gasteiger partial charge in [-0.15, -0.1) is 0 Å². The van der Waals surface area contributed by atoms with Crippen LogP contribution in [0.15, 0.2) is 12.3 Å². The maximum absolute atomic E-state index is 13.3. The number of hydrogen-bond donors (Lipinski definition) is 0. The zero-order chi connectivity index (χ0) is 12.3. The molecule has 0 spiro atoms. The van der Waals surface area contributed by atoms with Gasteiger partial charge >= 0.3 is 5.97 Å². The van der Waals surface area contributed by atoms with Gasteiger partial charge in [0.1, 0.15) is 11.7 Å². The van der Waals surface area contributed by atoms with Gasteiger partial charge in [0.25, 0.3) is 0 Å². The van der Waals surface area contributed by atoms with Gasteiger partial charge in [-0.25, -0.2) is 14.2 Å². The Morgan fingerprint density at radius 2 is 2.00 bits per heavy atom. The second kappa shape index (κ2) is 5.21. The van der Waals surface area contributed by atoms with Crippen molar-refractivity contribution >= 4 is 5.97 Å². The van der Waals surface area contributed by atoms with Gasteiger partial charge in [-0.05, 0) is 31.7 Å². The summed E-state index contributed by atoms with van der Waals surface area (Å²) in [7, 11) is 0. The Hall–Kier alpha value is -1.52.